The van der Waals surface area contributed by atoms with Crippen molar-refractivity contribution in [3.63, 3.8) is 0 Å². The third-order valence-electron chi connectivity index (χ3n) is 2.61. The average molecular weight is 293 g/mol. The molecule has 0 radical (unpaired) electrons. The van der Waals surface area contributed by atoms with Crippen molar-refractivity contribution in [1.82, 2.24) is 20.0 Å². The maximum Gasteiger partial charge on any atom is 0.266 e. The van der Waals surface area contributed by atoms with E-state index in [-0.39, 0.29) is 5.56 Å². The molecule has 0 atom stereocenters. The molecule has 2 aromatic rings. The van der Waals surface area contributed by atoms with Gasteiger partial charge in [0, 0.05) is 19.2 Å². The maximum atomic E-state index is 11.6. The van der Waals surface area contributed by atoms with Gasteiger partial charge in [0.1, 0.15) is 5.69 Å². The SMILES string of the molecule is CCCn1nc(-c2nnc(NCC(C)C)s2)ccc1=O. The van der Waals surface area contributed by atoms with Gasteiger partial charge in [0.2, 0.25) is 5.13 Å². The molecular weight excluding hydrogens is 274 g/mol. The molecule has 0 spiro atoms. The number of anilines is 1. The summed E-state index contributed by atoms with van der Waals surface area (Å²) in [4.78, 5) is 11.6. The van der Waals surface area contributed by atoms with E-state index in [9.17, 15) is 4.79 Å². The number of hydrogen-bond acceptors (Lipinski definition) is 6. The molecule has 0 bridgehead atoms. The highest BCUT2D eigenvalue weighted by Gasteiger charge is 2.09. The standard InChI is InChI=1S/C13H19N5OS/c1-4-7-18-11(19)6-5-10(17-18)12-15-16-13(20-12)14-8-9(2)3/h5-6,9H,4,7-8H2,1-3H3,(H,14,16). The van der Waals surface area contributed by atoms with Crippen LogP contribution in [0.25, 0.3) is 10.7 Å². The Bertz CT molecular complexity index is 619. The average Bonchev–Trinajstić information content (AvgIpc) is 2.88. The number of aryl methyl sites for hydroxylation is 1. The molecule has 0 saturated heterocycles. The van der Waals surface area contributed by atoms with E-state index < -0.39 is 0 Å². The molecule has 0 aromatic carbocycles. The van der Waals surface area contributed by atoms with Crippen molar-refractivity contribution in [2.24, 2.45) is 5.92 Å². The molecule has 108 valence electrons. The third-order valence-corrected chi connectivity index (χ3v) is 3.51. The number of rotatable bonds is 6. The van der Waals surface area contributed by atoms with Crippen LogP contribution in [-0.2, 0) is 6.54 Å². The first-order valence-electron chi connectivity index (χ1n) is 6.76. The largest absolute Gasteiger partial charge is 0.360 e. The Morgan fingerprint density at radius 3 is 2.85 bits per heavy atom. The number of hydrogen-bond donors (Lipinski definition) is 1. The Morgan fingerprint density at radius 2 is 2.15 bits per heavy atom. The third kappa shape index (κ3) is 3.63. The van der Waals surface area contributed by atoms with Gasteiger partial charge in [0.05, 0.1) is 0 Å². The van der Waals surface area contributed by atoms with Gasteiger partial charge in [-0.3, -0.25) is 4.79 Å². The lowest BCUT2D eigenvalue weighted by Gasteiger charge is -2.04. The van der Waals surface area contributed by atoms with Crippen molar-refractivity contribution in [2.75, 3.05) is 11.9 Å². The van der Waals surface area contributed by atoms with Gasteiger partial charge in [-0.15, -0.1) is 10.2 Å². The fourth-order valence-electron chi connectivity index (χ4n) is 1.62. The molecule has 2 aromatic heterocycles. The normalized spacial score (nSPS) is 11.0. The summed E-state index contributed by atoms with van der Waals surface area (Å²) in [7, 11) is 0. The first-order chi connectivity index (χ1) is 9.60. The zero-order valence-electron chi connectivity index (χ0n) is 12.0. The summed E-state index contributed by atoms with van der Waals surface area (Å²) in [5, 5.41) is 17.3. The van der Waals surface area contributed by atoms with E-state index in [0.717, 1.165) is 23.1 Å². The molecule has 2 rings (SSSR count). The fourth-order valence-corrected chi connectivity index (χ4v) is 2.34. The van der Waals surface area contributed by atoms with Gasteiger partial charge in [-0.1, -0.05) is 32.1 Å². The van der Waals surface area contributed by atoms with Crippen LogP contribution in [0.15, 0.2) is 16.9 Å². The first kappa shape index (κ1) is 14.6. The van der Waals surface area contributed by atoms with E-state index in [1.54, 1.807) is 6.07 Å². The van der Waals surface area contributed by atoms with Gasteiger partial charge < -0.3 is 5.32 Å². The molecule has 0 saturated carbocycles. The van der Waals surface area contributed by atoms with E-state index in [4.69, 9.17) is 0 Å². The van der Waals surface area contributed by atoms with Crippen molar-refractivity contribution < 1.29 is 0 Å². The number of aromatic nitrogens is 4. The Hall–Kier alpha value is -1.76. The van der Waals surface area contributed by atoms with Crippen LogP contribution in [0.2, 0.25) is 0 Å². The second-order valence-electron chi connectivity index (χ2n) is 4.97. The predicted octanol–water partition coefficient (Wildman–Crippen LogP) is 2.24. The van der Waals surface area contributed by atoms with Gasteiger partial charge in [-0.2, -0.15) is 5.10 Å². The topological polar surface area (TPSA) is 72.7 Å². The van der Waals surface area contributed by atoms with Crippen molar-refractivity contribution in [3.05, 3.63) is 22.5 Å². The van der Waals surface area contributed by atoms with E-state index in [1.165, 1.54) is 22.1 Å². The molecule has 20 heavy (non-hydrogen) atoms. The summed E-state index contributed by atoms with van der Waals surface area (Å²) >= 11 is 1.45. The lowest BCUT2D eigenvalue weighted by Crippen LogP contribution is -2.21. The van der Waals surface area contributed by atoms with Gasteiger partial charge in [0.25, 0.3) is 5.56 Å². The summed E-state index contributed by atoms with van der Waals surface area (Å²) in [5.41, 5.74) is 0.603. The van der Waals surface area contributed by atoms with Crippen LogP contribution in [0.1, 0.15) is 27.2 Å². The highest BCUT2D eigenvalue weighted by Crippen LogP contribution is 2.24. The highest BCUT2D eigenvalue weighted by molar-refractivity contribution is 7.18. The van der Waals surface area contributed by atoms with Gasteiger partial charge in [-0.25, -0.2) is 4.68 Å². The molecule has 0 unspecified atom stereocenters. The summed E-state index contributed by atoms with van der Waals surface area (Å²) in [5.74, 6) is 0.548. The zero-order chi connectivity index (χ0) is 14.5. The Labute approximate surface area is 121 Å². The Balaban J connectivity index is 2.19. The van der Waals surface area contributed by atoms with Crippen LogP contribution in [0.5, 0.6) is 0 Å². The van der Waals surface area contributed by atoms with Crippen LogP contribution in [0.4, 0.5) is 5.13 Å². The van der Waals surface area contributed by atoms with Crippen LogP contribution in [0, 0.1) is 5.92 Å². The van der Waals surface area contributed by atoms with E-state index in [2.05, 4.69) is 34.5 Å². The molecule has 0 aliphatic rings. The molecule has 1 N–H and O–H groups in total. The minimum absolute atomic E-state index is 0.0849. The maximum absolute atomic E-state index is 11.6. The smallest absolute Gasteiger partial charge is 0.266 e. The predicted molar refractivity (Wildman–Crippen MR) is 81.0 cm³/mol. The zero-order valence-corrected chi connectivity index (χ0v) is 12.8. The van der Waals surface area contributed by atoms with E-state index >= 15 is 0 Å². The summed E-state index contributed by atoms with van der Waals surface area (Å²) in [6.07, 6.45) is 0.869. The van der Waals surface area contributed by atoms with Crippen molar-refractivity contribution >= 4 is 16.5 Å². The Kier molecular flexibility index (Phi) is 4.84. The quantitative estimate of drug-likeness (QED) is 0.884. The highest BCUT2D eigenvalue weighted by atomic mass is 32.1. The molecule has 7 heteroatoms. The molecule has 0 fully saturated rings. The lowest BCUT2D eigenvalue weighted by atomic mass is 10.2. The minimum Gasteiger partial charge on any atom is -0.360 e. The second kappa shape index (κ2) is 6.60. The molecule has 6 nitrogen and oxygen atoms in total. The van der Waals surface area contributed by atoms with Crippen LogP contribution in [0.3, 0.4) is 0 Å². The molecule has 0 amide bonds. The fraction of sp³-hybridized carbons (Fsp3) is 0.538. The molecule has 0 aliphatic heterocycles. The minimum atomic E-state index is -0.0849. The monoisotopic (exact) mass is 293 g/mol. The number of nitrogens with zero attached hydrogens (tertiary/aromatic N) is 4. The summed E-state index contributed by atoms with van der Waals surface area (Å²) in [6, 6.07) is 3.22. The van der Waals surface area contributed by atoms with Crippen LogP contribution >= 0.6 is 11.3 Å². The van der Waals surface area contributed by atoms with Crippen LogP contribution < -0.4 is 10.9 Å². The molecule has 0 aliphatic carbocycles. The van der Waals surface area contributed by atoms with Gasteiger partial charge in [-0.05, 0) is 18.4 Å². The second-order valence-corrected chi connectivity index (χ2v) is 5.94. The van der Waals surface area contributed by atoms with E-state index in [0.29, 0.717) is 18.2 Å². The van der Waals surface area contributed by atoms with Crippen molar-refractivity contribution in [1.29, 1.82) is 0 Å². The van der Waals surface area contributed by atoms with Crippen molar-refractivity contribution in [2.45, 2.75) is 33.7 Å². The summed E-state index contributed by atoms with van der Waals surface area (Å²) < 4.78 is 1.47. The first-order valence-corrected chi connectivity index (χ1v) is 7.57. The molecular formula is C13H19N5OS. The number of nitrogens with one attached hydrogen (secondary N) is 1. The van der Waals surface area contributed by atoms with E-state index in [1.807, 2.05) is 6.92 Å². The van der Waals surface area contributed by atoms with Crippen LogP contribution in [-0.4, -0.2) is 26.5 Å². The Morgan fingerprint density at radius 1 is 1.35 bits per heavy atom. The molecule has 2 heterocycles. The van der Waals surface area contributed by atoms with Gasteiger partial charge >= 0.3 is 0 Å². The van der Waals surface area contributed by atoms with Crippen molar-refractivity contribution in [3.8, 4) is 10.7 Å². The summed E-state index contributed by atoms with van der Waals surface area (Å²) in [6.45, 7) is 7.76. The van der Waals surface area contributed by atoms with Gasteiger partial charge in [0.15, 0.2) is 5.01 Å². The lowest BCUT2D eigenvalue weighted by molar-refractivity contribution is 0.570.